The van der Waals surface area contributed by atoms with Gasteiger partial charge >= 0.3 is 5.97 Å². The largest absolute Gasteiger partial charge is 0.492 e. The summed E-state index contributed by atoms with van der Waals surface area (Å²) in [6.45, 7) is 0. The van der Waals surface area contributed by atoms with Crippen molar-refractivity contribution in [2.45, 2.75) is 12.8 Å². The lowest BCUT2D eigenvalue weighted by Crippen LogP contribution is -2.23. The Morgan fingerprint density at radius 1 is 0.960 bits per heavy atom. The van der Waals surface area contributed by atoms with Crippen LogP contribution in [0, 0.1) is 29.1 Å². The standard InChI is InChI=1S/C15H8F5NO4/c16-8-7(9(17)11(19)12(20)10(8)18)15(24)25-21-13(22)5-3-1-2-4-6(5)14(21)23/h1,3,22-23H,2,4H2. The van der Waals surface area contributed by atoms with Crippen molar-refractivity contribution < 1.29 is 41.8 Å². The Morgan fingerprint density at radius 3 is 2.08 bits per heavy atom. The van der Waals surface area contributed by atoms with Gasteiger partial charge in [0.05, 0.1) is 0 Å². The van der Waals surface area contributed by atoms with Crippen LogP contribution >= 0.6 is 0 Å². The lowest BCUT2D eigenvalue weighted by molar-refractivity contribution is 0.0366. The Labute approximate surface area is 136 Å². The lowest BCUT2D eigenvalue weighted by atomic mass is 10.0. The van der Waals surface area contributed by atoms with Gasteiger partial charge in [-0.05, 0) is 12.8 Å². The fourth-order valence-electron chi connectivity index (χ4n) is 2.44. The number of carbonyl (C=O) groups is 1. The van der Waals surface area contributed by atoms with Crippen molar-refractivity contribution in [2.24, 2.45) is 0 Å². The summed E-state index contributed by atoms with van der Waals surface area (Å²) >= 11 is 0. The monoisotopic (exact) mass is 361 g/mol. The van der Waals surface area contributed by atoms with Crippen LogP contribution in [0.15, 0.2) is 6.08 Å². The zero-order valence-electron chi connectivity index (χ0n) is 12.1. The molecule has 1 aromatic carbocycles. The van der Waals surface area contributed by atoms with Gasteiger partial charge < -0.3 is 15.1 Å². The van der Waals surface area contributed by atoms with Gasteiger partial charge in [0, 0.05) is 11.1 Å². The van der Waals surface area contributed by atoms with E-state index in [0.29, 0.717) is 6.42 Å². The van der Waals surface area contributed by atoms with Gasteiger partial charge in [0.1, 0.15) is 5.56 Å². The topological polar surface area (TPSA) is 71.7 Å². The molecule has 0 saturated heterocycles. The molecule has 0 saturated carbocycles. The lowest BCUT2D eigenvalue weighted by Gasteiger charge is -2.10. The fraction of sp³-hybridized carbons (Fsp3) is 0.133. The summed E-state index contributed by atoms with van der Waals surface area (Å²) in [5, 5.41) is 19.9. The Hall–Kier alpha value is -3.04. The van der Waals surface area contributed by atoms with E-state index in [1.807, 2.05) is 0 Å². The van der Waals surface area contributed by atoms with Crippen LogP contribution in [0.2, 0.25) is 0 Å². The molecule has 10 heteroatoms. The fourth-order valence-corrected chi connectivity index (χ4v) is 2.44. The first kappa shape index (κ1) is 16.8. The van der Waals surface area contributed by atoms with Gasteiger partial charge in [-0.2, -0.15) is 0 Å². The molecule has 0 fully saturated rings. The summed E-state index contributed by atoms with van der Waals surface area (Å²) in [4.78, 5) is 16.3. The van der Waals surface area contributed by atoms with Gasteiger partial charge in [0.25, 0.3) is 0 Å². The first-order valence-corrected chi connectivity index (χ1v) is 6.81. The highest BCUT2D eigenvalue weighted by Gasteiger charge is 2.33. The average Bonchev–Trinajstić information content (AvgIpc) is 2.84. The van der Waals surface area contributed by atoms with Gasteiger partial charge in [0.2, 0.25) is 17.6 Å². The summed E-state index contributed by atoms with van der Waals surface area (Å²) in [5.41, 5.74) is -1.54. The zero-order valence-corrected chi connectivity index (χ0v) is 12.1. The maximum atomic E-state index is 13.6. The number of hydrogen-bond acceptors (Lipinski definition) is 4. The summed E-state index contributed by atoms with van der Waals surface area (Å²) in [7, 11) is 0. The van der Waals surface area contributed by atoms with Crippen molar-refractivity contribution in [3.63, 3.8) is 0 Å². The Bertz CT molecular complexity index is 906. The highest BCUT2D eigenvalue weighted by molar-refractivity contribution is 5.90. The van der Waals surface area contributed by atoms with E-state index in [1.54, 1.807) is 6.08 Å². The van der Waals surface area contributed by atoms with E-state index in [4.69, 9.17) is 0 Å². The third-order valence-corrected chi connectivity index (χ3v) is 3.65. The van der Waals surface area contributed by atoms with Crippen LogP contribution in [0.5, 0.6) is 11.8 Å². The molecule has 2 N–H and O–H groups in total. The quantitative estimate of drug-likeness (QED) is 0.490. The maximum absolute atomic E-state index is 13.6. The molecule has 0 radical (unpaired) electrons. The summed E-state index contributed by atoms with van der Waals surface area (Å²) in [6, 6.07) is 0. The van der Waals surface area contributed by atoms with Crippen LogP contribution in [-0.4, -0.2) is 20.9 Å². The van der Waals surface area contributed by atoms with Crippen molar-refractivity contribution >= 4 is 12.0 Å². The molecular formula is C15H8F5NO4. The zero-order chi connectivity index (χ0) is 18.5. The van der Waals surface area contributed by atoms with Crippen molar-refractivity contribution in [3.05, 3.63) is 51.9 Å². The molecule has 0 amide bonds. The van der Waals surface area contributed by atoms with E-state index in [-0.39, 0.29) is 22.3 Å². The molecule has 0 bridgehead atoms. The molecular weight excluding hydrogens is 353 g/mol. The van der Waals surface area contributed by atoms with Crippen LogP contribution in [0.25, 0.3) is 6.08 Å². The third-order valence-electron chi connectivity index (χ3n) is 3.65. The van der Waals surface area contributed by atoms with E-state index in [9.17, 15) is 37.0 Å². The average molecular weight is 361 g/mol. The molecule has 0 aliphatic heterocycles. The minimum atomic E-state index is -2.43. The predicted octanol–water partition coefficient (Wildman–Crippen LogP) is 2.82. The maximum Gasteiger partial charge on any atom is 0.370 e. The van der Waals surface area contributed by atoms with E-state index in [0.717, 1.165) is 0 Å². The molecule has 2 aromatic rings. The van der Waals surface area contributed by atoms with Crippen LogP contribution in [0.1, 0.15) is 27.9 Å². The molecule has 1 heterocycles. The van der Waals surface area contributed by atoms with Crippen molar-refractivity contribution in [1.29, 1.82) is 0 Å². The van der Waals surface area contributed by atoms with E-state index in [1.165, 1.54) is 6.08 Å². The van der Waals surface area contributed by atoms with Crippen LogP contribution in [0.3, 0.4) is 0 Å². The Kier molecular flexibility index (Phi) is 3.90. The summed E-state index contributed by atoms with van der Waals surface area (Å²) < 4.78 is 66.7. The molecule has 0 unspecified atom stereocenters. The Balaban J connectivity index is 2.06. The van der Waals surface area contributed by atoms with Gasteiger partial charge in [0.15, 0.2) is 23.3 Å². The molecule has 5 nitrogen and oxygen atoms in total. The molecule has 1 aliphatic carbocycles. The SMILES string of the molecule is O=C(On1c(O)c2c(c1O)CCC=C2)c1c(F)c(F)c(F)c(F)c1F. The molecule has 0 spiro atoms. The van der Waals surface area contributed by atoms with Gasteiger partial charge in [-0.25, -0.2) is 26.7 Å². The molecule has 1 aliphatic rings. The number of rotatable bonds is 2. The number of allylic oxidation sites excluding steroid dienone is 1. The number of hydrogen-bond donors (Lipinski definition) is 2. The van der Waals surface area contributed by atoms with Crippen LogP contribution in [0.4, 0.5) is 22.0 Å². The first-order chi connectivity index (χ1) is 11.8. The van der Waals surface area contributed by atoms with E-state index >= 15 is 0 Å². The van der Waals surface area contributed by atoms with Gasteiger partial charge in [-0.15, -0.1) is 4.73 Å². The summed E-state index contributed by atoms with van der Waals surface area (Å²) in [6.07, 6.45) is 3.85. The third kappa shape index (κ3) is 2.41. The molecule has 1 aromatic heterocycles. The van der Waals surface area contributed by atoms with Crippen molar-refractivity contribution in [2.75, 3.05) is 0 Å². The van der Waals surface area contributed by atoms with E-state index < -0.39 is 52.4 Å². The highest BCUT2D eigenvalue weighted by Crippen LogP contribution is 2.37. The number of nitrogens with zero attached hydrogens (tertiary/aromatic N) is 1. The second kappa shape index (κ2) is 5.80. The highest BCUT2D eigenvalue weighted by atomic mass is 19.2. The van der Waals surface area contributed by atoms with Crippen molar-refractivity contribution in [1.82, 2.24) is 4.73 Å². The second-order valence-corrected chi connectivity index (χ2v) is 5.10. The minimum Gasteiger partial charge on any atom is -0.492 e. The van der Waals surface area contributed by atoms with Gasteiger partial charge in [-0.1, -0.05) is 12.2 Å². The van der Waals surface area contributed by atoms with E-state index in [2.05, 4.69) is 4.84 Å². The molecule has 0 atom stereocenters. The molecule has 25 heavy (non-hydrogen) atoms. The summed E-state index contributed by atoms with van der Waals surface area (Å²) in [5.74, 6) is -15.3. The number of aromatic hydroxyl groups is 2. The number of aromatic nitrogens is 1. The van der Waals surface area contributed by atoms with Crippen LogP contribution < -0.4 is 4.84 Å². The number of halogens is 5. The normalized spacial score (nSPS) is 13.0. The van der Waals surface area contributed by atoms with Crippen molar-refractivity contribution in [3.8, 4) is 11.8 Å². The van der Waals surface area contributed by atoms with Crippen LogP contribution in [-0.2, 0) is 6.42 Å². The molecule has 132 valence electrons. The number of fused-ring (bicyclic) bond motifs is 1. The molecule has 3 rings (SSSR count). The predicted molar refractivity (Wildman–Crippen MR) is 72.3 cm³/mol. The van der Waals surface area contributed by atoms with Gasteiger partial charge in [-0.3, -0.25) is 0 Å². The minimum absolute atomic E-state index is 0.106. The second-order valence-electron chi connectivity index (χ2n) is 5.10. The smallest absolute Gasteiger partial charge is 0.370 e. The number of benzene rings is 1. The first-order valence-electron chi connectivity index (χ1n) is 6.81. The Morgan fingerprint density at radius 2 is 1.52 bits per heavy atom. The number of carbonyl (C=O) groups excluding carboxylic acids is 1.